The molecule has 2 atom stereocenters. The molecule has 0 rings (SSSR count). The zero-order chi connectivity index (χ0) is 11.3. The normalized spacial score (nSPS) is 15.1. The Morgan fingerprint density at radius 2 is 1.93 bits per heavy atom. The maximum Gasteiger partial charge on any atom is 0.475 e. The lowest BCUT2D eigenvalue weighted by Gasteiger charge is -2.17. The summed E-state index contributed by atoms with van der Waals surface area (Å²) >= 11 is 0. The Morgan fingerprint density at radius 1 is 1.43 bits per heavy atom. The van der Waals surface area contributed by atoms with Crippen LogP contribution in [0.1, 0.15) is 27.2 Å². The lowest BCUT2D eigenvalue weighted by Crippen LogP contribution is -2.50. The van der Waals surface area contributed by atoms with Crippen molar-refractivity contribution in [2.45, 2.75) is 39.2 Å². The molecule has 0 bridgehead atoms. The van der Waals surface area contributed by atoms with Gasteiger partial charge in [-0.1, -0.05) is 13.8 Å². The Hall–Kier alpha value is -0.585. The summed E-state index contributed by atoms with van der Waals surface area (Å²) in [5, 5.41) is 19.9. The van der Waals surface area contributed by atoms with Gasteiger partial charge in [0.05, 0.1) is 12.0 Å². The topological polar surface area (TPSA) is 95.6 Å². The molecule has 0 aliphatic carbocycles. The second-order valence-electron chi connectivity index (χ2n) is 3.95. The Bertz CT molecular complexity index is 187. The molecular weight excluding hydrogens is 183 g/mol. The first kappa shape index (κ1) is 13.4. The zero-order valence-corrected chi connectivity index (χ0v) is 8.90. The quantitative estimate of drug-likeness (QED) is 0.424. The SMILES string of the molecule is CC(C)C[C@H](N)C(=O)N[C@@H](C)B(O)O. The molecule has 0 aromatic heterocycles. The number of carbonyl (C=O) groups excluding carboxylic acids is 1. The smallest absolute Gasteiger partial charge is 0.426 e. The van der Waals surface area contributed by atoms with Crippen LogP contribution in [0.3, 0.4) is 0 Å². The second kappa shape index (κ2) is 6.00. The third kappa shape index (κ3) is 5.21. The molecule has 0 aromatic carbocycles. The van der Waals surface area contributed by atoms with Crippen molar-refractivity contribution in [3.63, 3.8) is 0 Å². The lowest BCUT2D eigenvalue weighted by atomic mass is 9.81. The van der Waals surface area contributed by atoms with Crippen LogP contribution in [0.25, 0.3) is 0 Å². The summed E-state index contributed by atoms with van der Waals surface area (Å²) in [6.07, 6.45) is 0.583. The van der Waals surface area contributed by atoms with Gasteiger partial charge in [-0.25, -0.2) is 0 Å². The molecular formula is C8H19BN2O3. The lowest BCUT2D eigenvalue weighted by molar-refractivity contribution is -0.123. The summed E-state index contributed by atoms with van der Waals surface area (Å²) in [5.41, 5.74) is 5.59. The van der Waals surface area contributed by atoms with Crippen molar-refractivity contribution in [2.24, 2.45) is 11.7 Å². The molecule has 1 amide bonds. The van der Waals surface area contributed by atoms with E-state index in [0.717, 1.165) is 0 Å². The predicted molar refractivity (Wildman–Crippen MR) is 55.2 cm³/mol. The van der Waals surface area contributed by atoms with Gasteiger partial charge in [-0.3, -0.25) is 4.79 Å². The zero-order valence-electron chi connectivity index (χ0n) is 8.90. The van der Waals surface area contributed by atoms with Gasteiger partial charge in [-0.2, -0.15) is 0 Å². The minimum atomic E-state index is -1.55. The van der Waals surface area contributed by atoms with Crippen LogP contribution in [0.2, 0.25) is 0 Å². The van der Waals surface area contributed by atoms with Crippen molar-refractivity contribution in [1.82, 2.24) is 5.32 Å². The average Bonchev–Trinajstić information content (AvgIpc) is 2.02. The highest BCUT2D eigenvalue weighted by molar-refractivity contribution is 6.43. The van der Waals surface area contributed by atoms with Gasteiger partial charge in [0.25, 0.3) is 0 Å². The third-order valence-electron chi connectivity index (χ3n) is 1.88. The van der Waals surface area contributed by atoms with Crippen molar-refractivity contribution < 1.29 is 14.8 Å². The van der Waals surface area contributed by atoms with Crippen LogP contribution in [0, 0.1) is 5.92 Å². The molecule has 0 saturated carbocycles. The molecule has 14 heavy (non-hydrogen) atoms. The molecule has 0 aromatic rings. The van der Waals surface area contributed by atoms with E-state index in [0.29, 0.717) is 12.3 Å². The monoisotopic (exact) mass is 202 g/mol. The fourth-order valence-electron chi connectivity index (χ4n) is 1.02. The fraction of sp³-hybridized carbons (Fsp3) is 0.875. The molecule has 5 nitrogen and oxygen atoms in total. The van der Waals surface area contributed by atoms with E-state index in [1.54, 1.807) is 0 Å². The Morgan fingerprint density at radius 3 is 2.29 bits per heavy atom. The molecule has 0 spiro atoms. The summed E-state index contributed by atoms with van der Waals surface area (Å²) in [5.74, 6) is -0.704. The third-order valence-corrected chi connectivity index (χ3v) is 1.88. The number of hydrogen-bond acceptors (Lipinski definition) is 4. The van der Waals surface area contributed by atoms with E-state index in [9.17, 15) is 4.79 Å². The first-order chi connectivity index (χ1) is 6.34. The van der Waals surface area contributed by atoms with Gasteiger partial charge in [-0.05, 0) is 19.3 Å². The molecule has 0 unspecified atom stereocenters. The van der Waals surface area contributed by atoms with E-state index in [4.69, 9.17) is 15.8 Å². The minimum absolute atomic E-state index is 0.338. The van der Waals surface area contributed by atoms with E-state index in [-0.39, 0.29) is 5.91 Å². The predicted octanol–water partition coefficient (Wildman–Crippen LogP) is -1.12. The van der Waals surface area contributed by atoms with Gasteiger partial charge in [0, 0.05) is 0 Å². The van der Waals surface area contributed by atoms with Crippen LogP contribution >= 0.6 is 0 Å². The Labute approximate surface area is 84.8 Å². The standard InChI is InChI=1S/C8H19BN2O3/c1-5(2)4-7(10)8(12)11-6(3)9(13)14/h5-7,13-14H,4,10H2,1-3H3,(H,11,12)/t6-,7-/m0/s1. The molecule has 0 aliphatic rings. The highest BCUT2D eigenvalue weighted by Gasteiger charge is 2.23. The van der Waals surface area contributed by atoms with E-state index in [2.05, 4.69) is 5.32 Å². The number of nitrogens with one attached hydrogen (secondary N) is 1. The summed E-state index contributed by atoms with van der Waals surface area (Å²) < 4.78 is 0. The van der Waals surface area contributed by atoms with Gasteiger partial charge < -0.3 is 21.1 Å². The van der Waals surface area contributed by atoms with Crippen LogP contribution in [-0.4, -0.2) is 35.1 Å². The number of carbonyl (C=O) groups is 1. The van der Waals surface area contributed by atoms with Crippen LogP contribution in [0.5, 0.6) is 0 Å². The van der Waals surface area contributed by atoms with Crippen molar-refractivity contribution >= 4 is 13.0 Å². The first-order valence-electron chi connectivity index (χ1n) is 4.76. The number of amides is 1. The number of nitrogens with two attached hydrogens (primary N) is 1. The molecule has 0 heterocycles. The largest absolute Gasteiger partial charge is 0.475 e. The Kier molecular flexibility index (Phi) is 5.75. The number of hydrogen-bond donors (Lipinski definition) is 4. The molecule has 0 radical (unpaired) electrons. The van der Waals surface area contributed by atoms with Gasteiger partial charge in [0.2, 0.25) is 5.91 Å². The molecule has 5 N–H and O–H groups in total. The highest BCUT2D eigenvalue weighted by Crippen LogP contribution is 2.02. The maximum atomic E-state index is 11.3. The average molecular weight is 202 g/mol. The molecule has 0 aliphatic heterocycles. The maximum absolute atomic E-state index is 11.3. The summed E-state index contributed by atoms with van der Waals surface area (Å²) in [6, 6.07) is -0.587. The molecule has 6 heteroatoms. The van der Waals surface area contributed by atoms with Gasteiger partial charge in [-0.15, -0.1) is 0 Å². The van der Waals surface area contributed by atoms with Crippen molar-refractivity contribution in [3.05, 3.63) is 0 Å². The van der Waals surface area contributed by atoms with Crippen LogP contribution < -0.4 is 11.1 Å². The minimum Gasteiger partial charge on any atom is -0.426 e. The summed E-state index contributed by atoms with van der Waals surface area (Å²) in [6.45, 7) is 5.44. The van der Waals surface area contributed by atoms with E-state index in [1.165, 1.54) is 6.92 Å². The Balaban J connectivity index is 3.95. The molecule has 0 fully saturated rings. The van der Waals surface area contributed by atoms with Crippen LogP contribution in [0.4, 0.5) is 0 Å². The van der Waals surface area contributed by atoms with Gasteiger partial charge >= 0.3 is 7.12 Å². The molecule has 0 saturated heterocycles. The van der Waals surface area contributed by atoms with Crippen molar-refractivity contribution in [3.8, 4) is 0 Å². The summed E-state index contributed by atoms with van der Waals surface area (Å²) in [4.78, 5) is 11.3. The first-order valence-corrected chi connectivity index (χ1v) is 4.76. The van der Waals surface area contributed by atoms with E-state index < -0.39 is 19.1 Å². The van der Waals surface area contributed by atoms with Crippen molar-refractivity contribution in [1.29, 1.82) is 0 Å². The van der Waals surface area contributed by atoms with Gasteiger partial charge in [0.15, 0.2) is 0 Å². The second-order valence-corrected chi connectivity index (χ2v) is 3.95. The van der Waals surface area contributed by atoms with Crippen molar-refractivity contribution in [2.75, 3.05) is 0 Å². The van der Waals surface area contributed by atoms with Crippen LogP contribution in [-0.2, 0) is 4.79 Å². The van der Waals surface area contributed by atoms with E-state index >= 15 is 0 Å². The fourth-order valence-corrected chi connectivity index (χ4v) is 1.02. The number of rotatable bonds is 5. The van der Waals surface area contributed by atoms with Crippen LogP contribution in [0.15, 0.2) is 0 Å². The highest BCUT2D eigenvalue weighted by atomic mass is 16.4. The van der Waals surface area contributed by atoms with Gasteiger partial charge in [0.1, 0.15) is 0 Å². The summed E-state index contributed by atoms with van der Waals surface area (Å²) in [7, 11) is -1.55. The van der Waals surface area contributed by atoms with E-state index in [1.807, 2.05) is 13.8 Å². The molecule has 82 valence electrons.